The molecule has 1 aromatic rings. The van der Waals surface area contributed by atoms with Crippen LogP contribution in [0.15, 0.2) is 24.3 Å². The molecule has 0 aliphatic carbocycles. The largest absolute Gasteiger partial charge is 0.382 e. The van der Waals surface area contributed by atoms with Gasteiger partial charge in [0, 0.05) is 11.7 Å². The van der Waals surface area contributed by atoms with Gasteiger partial charge in [-0.2, -0.15) is 0 Å². The van der Waals surface area contributed by atoms with Crippen molar-refractivity contribution >= 4 is 5.69 Å². The van der Waals surface area contributed by atoms with Crippen molar-refractivity contribution in [1.29, 1.82) is 0 Å². The first-order valence-corrected chi connectivity index (χ1v) is 6.52. The molecule has 0 fully saturated rings. The Morgan fingerprint density at radius 1 is 1.31 bits per heavy atom. The van der Waals surface area contributed by atoms with Gasteiger partial charge in [-0.15, -0.1) is 0 Å². The van der Waals surface area contributed by atoms with Crippen LogP contribution in [-0.2, 0) is 0 Å². The van der Waals surface area contributed by atoms with E-state index < -0.39 is 0 Å². The van der Waals surface area contributed by atoms with Crippen LogP contribution >= 0.6 is 0 Å². The molecule has 1 aromatic carbocycles. The van der Waals surface area contributed by atoms with E-state index in [1.807, 2.05) is 0 Å². The number of hydrogen-bond donors (Lipinski definition) is 1. The predicted octanol–water partition coefficient (Wildman–Crippen LogP) is 4.41. The summed E-state index contributed by atoms with van der Waals surface area (Å²) in [5, 5.41) is 3.58. The van der Waals surface area contributed by atoms with E-state index in [9.17, 15) is 0 Å². The fraction of sp³-hybridized carbons (Fsp3) is 0.600. The van der Waals surface area contributed by atoms with E-state index in [1.165, 1.54) is 30.5 Å². The lowest BCUT2D eigenvalue weighted by Crippen LogP contribution is -2.25. The highest BCUT2D eigenvalue weighted by molar-refractivity contribution is 5.55. The highest BCUT2D eigenvalue weighted by atomic mass is 14.9. The van der Waals surface area contributed by atoms with Gasteiger partial charge < -0.3 is 5.32 Å². The maximum absolute atomic E-state index is 3.58. The van der Waals surface area contributed by atoms with Crippen LogP contribution in [0.1, 0.15) is 51.5 Å². The molecule has 0 radical (unpaired) electrons. The third-order valence-corrected chi connectivity index (χ3v) is 3.53. The van der Waals surface area contributed by atoms with Gasteiger partial charge in [0.2, 0.25) is 0 Å². The van der Waals surface area contributed by atoms with E-state index in [2.05, 4.69) is 50.4 Å². The van der Waals surface area contributed by atoms with E-state index in [-0.39, 0.29) is 0 Å². The molecule has 1 heterocycles. The molecule has 1 heteroatoms. The van der Waals surface area contributed by atoms with E-state index in [0.29, 0.717) is 6.04 Å². The lowest BCUT2D eigenvalue weighted by atomic mass is 9.83. The number of nitrogens with one attached hydrogen (secondary N) is 1. The molecule has 1 N–H and O–H groups in total. The standard InChI is InChI=1S/C15H23N/c1-11(2)8-9-13-10-12(3)16-15-7-5-4-6-14(13)15/h4-7,11-13,16H,8-10H2,1-3H3. The summed E-state index contributed by atoms with van der Waals surface area (Å²) in [5.41, 5.74) is 2.89. The van der Waals surface area contributed by atoms with Crippen molar-refractivity contribution in [1.82, 2.24) is 0 Å². The highest BCUT2D eigenvalue weighted by Crippen LogP contribution is 2.37. The zero-order valence-electron chi connectivity index (χ0n) is 10.7. The van der Waals surface area contributed by atoms with E-state index in [0.717, 1.165) is 11.8 Å². The summed E-state index contributed by atoms with van der Waals surface area (Å²) >= 11 is 0. The summed E-state index contributed by atoms with van der Waals surface area (Å²) < 4.78 is 0. The number of anilines is 1. The van der Waals surface area contributed by atoms with Gasteiger partial charge in [0.05, 0.1) is 0 Å². The highest BCUT2D eigenvalue weighted by Gasteiger charge is 2.23. The van der Waals surface area contributed by atoms with Crippen molar-refractivity contribution in [2.45, 2.75) is 52.0 Å². The number of benzene rings is 1. The van der Waals surface area contributed by atoms with Gasteiger partial charge in [0.1, 0.15) is 0 Å². The minimum absolute atomic E-state index is 0.618. The minimum atomic E-state index is 0.618. The second kappa shape index (κ2) is 4.90. The summed E-state index contributed by atoms with van der Waals surface area (Å²) in [6, 6.07) is 9.42. The van der Waals surface area contributed by atoms with E-state index in [1.54, 1.807) is 0 Å². The molecule has 1 aliphatic rings. The van der Waals surface area contributed by atoms with E-state index in [4.69, 9.17) is 0 Å². The van der Waals surface area contributed by atoms with Crippen LogP contribution in [0.4, 0.5) is 5.69 Å². The third-order valence-electron chi connectivity index (χ3n) is 3.53. The number of hydrogen-bond acceptors (Lipinski definition) is 1. The maximum Gasteiger partial charge on any atom is 0.0377 e. The quantitative estimate of drug-likeness (QED) is 0.790. The molecule has 0 amide bonds. The van der Waals surface area contributed by atoms with Crippen molar-refractivity contribution in [3.63, 3.8) is 0 Å². The monoisotopic (exact) mass is 217 g/mol. The molecule has 2 rings (SSSR count). The summed E-state index contributed by atoms with van der Waals surface area (Å²) in [4.78, 5) is 0. The average Bonchev–Trinajstić information content (AvgIpc) is 2.25. The number of rotatable bonds is 3. The summed E-state index contributed by atoms with van der Waals surface area (Å²) in [6.07, 6.45) is 3.95. The molecule has 88 valence electrons. The molecular formula is C15H23N. The molecular weight excluding hydrogens is 194 g/mol. The van der Waals surface area contributed by atoms with Gasteiger partial charge in [-0.3, -0.25) is 0 Å². The van der Waals surface area contributed by atoms with Crippen molar-refractivity contribution in [3.05, 3.63) is 29.8 Å². The van der Waals surface area contributed by atoms with Gasteiger partial charge in [-0.1, -0.05) is 38.5 Å². The van der Waals surface area contributed by atoms with Crippen LogP contribution in [0.5, 0.6) is 0 Å². The Morgan fingerprint density at radius 3 is 2.81 bits per heavy atom. The molecule has 2 atom stereocenters. The Kier molecular flexibility index (Phi) is 3.52. The molecule has 0 bridgehead atoms. The SMILES string of the molecule is CC(C)CCC1CC(C)Nc2ccccc21. The van der Waals surface area contributed by atoms with Crippen LogP contribution in [0.25, 0.3) is 0 Å². The van der Waals surface area contributed by atoms with Gasteiger partial charge in [0.15, 0.2) is 0 Å². The number of fused-ring (bicyclic) bond motifs is 1. The van der Waals surface area contributed by atoms with Crippen molar-refractivity contribution < 1.29 is 0 Å². The molecule has 0 spiro atoms. The van der Waals surface area contributed by atoms with Gasteiger partial charge >= 0.3 is 0 Å². The molecule has 0 saturated heterocycles. The summed E-state index contributed by atoms with van der Waals surface area (Å²) in [7, 11) is 0. The Labute approximate surface area is 99.3 Å². The second-order valence-corrected chi connectivity index (χ2v) is 5.54. The van der Waals surface area contributed by atoms with Gasteiger partial charge in [-0.25, -0.2) is 0 Å². The average molecular weight is 217 g/mol. The summed E-state index contributed by atoms with van der Waals surface area (Å²) in [6.45, 7) is 6.92. The van der Waals surface area contributed by atoms with Gasteiger partial charge in [0.25, 0.3) is 0 Å². The topological polar surface area (TPSA) is 12.0 Å². The van der Waals surface area contributed by atoms with Crippen molar-refractivity contribution in [3.8, 4) is 0 Å². The Balaban J connectivity index is 2.13. The van der Waals surface area contributed by atoms with Crippen LogP contribution < -0.4 is 5.32 Å². The lowest BCUT2D eigenvalue weighted by Gasteiger charge is -2.31. The molecule has 0 aromatic heterocycles. The Hall–Kier alpha value is -0.980. The second-order valence-electron chi connectivity index (χ2n) is 5.54. The van der Waals surface area contributed by atoms with Gasteiger partial charge in [-0.05, 0) is 43.2 Å². The van der Waals surface area contributed by atoms with Crippen LogP contribution in [-0.4, -0.2) is 6.04 Å². The fourth-order valence-electron chi connectivity index (χ4n) is 2.67. The Bertz CT molecular complexity index is 343. The minimum Gasteiger partial charge on any atom is -0.382 e. The number of para-hydroxylation sites is 1. The zero-order chi connectivity index (χ0) is 11.5. The zero-order valence-corrected chi connectivity index (χ0v) is 10.7. The first-order valence-electron chi connectivity index (χ1n) is 6.52. The normalized spacial score (nSPS) is 24.0. The maximum atomic E-state index is 3.58. The Morgan fingerprint density at radius 2 is 2.06 bits per heavy atom. The molecule has 2 unspecified atom stereocenters. The molecule has 16 heavy (non-hydrogen) atoms. The first-order chi connectivity index (χ1) is 7.66. The molecule has 0 saturated carbocycles. The smallest absolute Gasteiger partial charge is 0.0377 e. The van der Waals surface area contributed by atoms with Crippen LogP contribution in [0, 0.1) is 5.92 Å². The fourth-order valence-corrected chi connectivity index (χ4v) is 2.67. The van der Waals surface area contributed by atoms with Crippen molar-refractivity contribution in [2.75, 3.05) is 5.32 Å². The van der Waals surface area contributed by atoms with Crippen molar-refractivity contribution in [2.24, 2.45) is 5.92 Å². The third kappa shape index (κ3) is 2.58. The van der Waals surface area contributed by atoms with Crippen LogP contribution in [0.3, 0.4) is 0 Å². The lowest BCUT2D eigenvalue weighted by molar-refractivity contribution is 0.457. The molecule has 1 nitrogen and oxygen atoms in total. The summed E-state index contributed by atoms with van der Waals surface area (Å²) in [5.74, 6) is 1.58. The first kappa shape index (κ1) is 11.5. The van der Waals surface area contributed by atoms with E-state index >= 15 is 0 Å². The predicted molar refractivity (Wildman–Crippen MR) is 71.0 cm³/mol. The van der Waals surface area contributed by atoms with Crippen LogP contribution in [0.2, 0.25) is 0 Å². The molecule has 1 aliphatic heterocycles.